The largest absolute Gasteiger partial charge is 0.276 e. The Bertz CT molecular complexity index is 766. The van der Waals surface area contributed by atoms with Gasteiger partial charge in [0, 0.05) is 12.3 Å². The zero-order valence-corrected chi connectivity index (χ0v) is 11.8. The third kappa shape index (κ3) is 2.88. The highest BCUT2D eigenvalue weighted by Crippen LogP contribution is 2.24. The van der Waals surface area contributed by atoms with Crippen LogP contribution >= 0.6 is 11.6 Å². The summed E-state index contributed by atoms with van der Waals surface area (Å²) in [4.78, 5) is 3.30. The van der Waals surface area contributed by atoms with Crippen LogP contribution in [0.2, 0.25) is 5.15 Å². The van der Waals surface area contributed by atoms with Crippen molar-refractivity contribution in [2.24, 2.45) is 0 Å². The zero-order valence-electron chi connectivity index (χ0n) is 10.2. The Labute approximate surface area is 119 Å². The number of pyridine rings is 1. The molecule has 2 rings (SSSR count). The fourth-order valence-electron chi connectivity index (χ4n) is 1.50. The van der Waals surface area contributed by atoms with Gasteiger partial charge >= 0.3 is 0 Å². The van der Waals surface area contributed by atoms with Gasteiger partial charge in [-0.3, -0.25) is 4.72 Å². The summed E-state index contributed by atoms with van der Waals surface area (Å²) in [6.45, 7) is 1.37. The van der Waals surface area contributed by atoms with Gasteiger partial charge in [0.1, 0.15) is 21.7 Å². The lowest BCUT2D eigenvalue weighted by Gasteiger charge is -2.10. The van der Waals surface area contributed by atoms with Crippen molar-refractivity contribution in [1.82, 2.24) is 4.98 Å². The topological polar surface area (TPSA) is 59.1 Å². The third-order valence-electron chi connectivity index (χ3n) is 2.51. The molecular weight excluding hydrogens is 310 g/mol. The van der Waals surface area contributed by atoms with Gasteiger partial charge < -0.3 is 0 Å². The summed E-state index contributed by atoms with van der Waals surface area (Å²) in [7, 11) is -4.15. The number of rotatable bonds is 3. The second-order valence-corrected chi connectivity index (χ2v) is 5.99. The van der Waals surface area contributed by atoms with Crippen LogP contribution in [0.25, 0.3) is 0 Å². The Morgan fingerprint density at radius 2 is 1.95 bits per heavy atom. The first-order chi connectivity index (χ1) is 9.31. The fourth-order valence-corrected chi connectivity index (χ4v) is 3.01. The van der Waals surface area contributed by atoms with Crippen LogP contribution in [0.1, 0.15) is 5.56 Å². The minimum absolute atomic E-state index is 0.0739. The van der Waals surface area contributed by atoms with Crippen LogP contribution in [0.15, 0.2) is 35.4 Å². The van der Waals surface area contributed by atoms with E-state index in [1.807, 2.05) is 4.72 Å². The number of halogens is 3. The Morgan fingerprint density at radius 1 is 1.25 bits per heavy atom. The molecule has 1 heterocycles. The Hall–Kier alpha value is -1.73. The molecule has 0 amide bonds. The molecule has 8 heteroatoms. The minimum atomic E-state index is -4.15. The van der Waals surface area contributed by atoms with E-state index in [-0.39, 0.29) is 15.6 Å². The maximum atomic E-state index is 13.6. The number of hydrogen-bond donors (Lipinski definition) is 1. The zero-order chi connectivity index (χ0) is 14.9. The van der Waals surface area contributed by atoms with E-state index in [0.717, 1.165) is 12.1 Å². The molecule has 0 saturated heterocycles. The van der Waals surface area contributed by atoms with E-state index in [0.29, 0.717) is 0 Å². The molecule has 1 aromatic heterocycles. The lowest BCUT2D eigenvalue weighted by atomic mass is 10.2. The lowest BCUT2D eigenvalue weighted by Crippen LogP contribution is -2.15. The van der Waals surface area contributed by atoms with Gasteiger partial charge in [-0.2, -0.15) is 0 Å². The molecule has 0 aliphatic carbocycles. The molecule has 106 valence electrons. The average Bonchev–Trinajstić information content (AvgIpc) is 2.36. The van der Waals surface area contributed by atoms with Gasteiger partial charge in [-0.1, -0.05) is 11.6 Å². The summed E-state index contributed by atoms with van der Waals surface area (Å²) in [5, 5.41) is -0.256. The number of aromatic nitrogens is 1. The van der Waals surface area contributed by atoms with Crippen molar-refractivity contribution in [3.63, 3.8) is 0 Å². The molecule has 1 N–H and O–H groups in total. The molecule has 4 nitrogen and oxygen atoms in total. The molecule has 20 heavy (non-hydrogen) atoms. The fraction of sp³-hybridized carbons (Fsp3) is 0.0833. The Balaban J connectivity index is 2.44. The number of nitrogens with one attached hydrogen (secondary N) is 1. The molecular formula is C12H9ClF2N2O2S. The number of nitrogens with zero attached hydrogens (tertiary/aromatic N) is 1. The van der Waals surface area contributed by atoms with Crippen molar-refractivity contribution < 1.29 is 17.2 Å². The third-order valence-corrected chi connectivity index (χ3v) is 4.32. The molecule has 0 saturated carbocycles. The van der Waals surface area contributed by atoms with Gasteiger partial charge in [0.25, 0.3) is 10.0 Å². The highest BCUT2D eigenvalue weighted by atomic mass is 35.5. The van der Waals surface area contributed by atoms with E-state index in [9.17, 15) is 17.2 Å². The number of anilines is 1. The van der Waals surface area contributed by atoms with Crippen LogP contribution in [-0.4, -0.2) is 13.4 Å². The molecule has 0 radical (unpaired) electrons. The first-order valence-corrected chi connectivity index (χ1v) is 7.26. The summed E-state index contributed by atoms with van der Waals surface area (Å²) >= 11 is 5.67. The Kier molecular flexibility index (Phi) is 3.92. The van der Waals surface area contributed by atoms with Crippen molar-refractivity contribution >= 4 is 27.3 Å². The molecule has 0 aliphatic heterocycles. The van der Waals surface area contributed by atoms with Crippen molar-refractivity contribution in [3.05, 3.63) is 52.8 Å². The second-order valence-electron chi connectivity index (χ2n) is 3.98. The van der Waals surface area contributed by atoms with Crippen LogP contribution in [0.3, 0.4) is 0 Å². The van der Waals surface area contributed by atoms with E-state index in [1.165, 1.54) is 25.3 Å². The summed E-state index contributed by atoms with van der Waals surface area (Å²) < 4.78 is 53.0. The van der Waals surface area contributed by atoms with Crippen molar-refractivity contribution in [2.45, 2.75) is 11.8 Å². The van der Waals surface area contributed by atoms with Gasteiger partial charge in [0.2, 0.25) is 0 Å². The van der Waals surface area contributed by atoms with Crippen LogP contribution < -0.4 is 4.72 Å². The number of sulfonamides is 1. The van der Waals surface area contributed by atoms with E-state index in [1.54, 1.807) is 0 Å². The van der Waals surface area contributed by atoms with E-state index in [4.69, 9.17) is 11.6 Å². The SMILES string of the molecule is Cc1cc(F)c(NS(=O)(=O)c2cccnc2Cl)cc1F. The summed E-state index contributed by atoms with van der Waals surface area (Å²) in [5.74, 6) is -1.60. The van der Waals surface area contributed by atoms with Gasteiger partial charge in [-0.25, -0.2) is 22.2 Å². The quantitative estimate of drug-likeness (QED) is 0.885. The molecule has 0 spiro atoms. The normalized spacial score (nSPS) is 11.4. The number of hydrogen-bond acceptors (Lipinski definition) is 3. The standard InChI is InChI=1S/C12H9ClF2N2O2S/c1-7-5-9(15)10(6-8(7)14)17-20(18,19)11-3-2-4-16-12(11)13/h2-6,17H,1H3. The molecule has 2 aromatic rings. The van der Waals surface area contributed by atoms with Gasteiger partial charge in [0.15, 0.2) is 0 Å². The number of benzene rings is 1. The average molecular weight is 319 g/mol. The maximum Gasteiger partial charge on any atom is 0.265 e. The smallest absolute Gasteiger partial charge is 0.265 e. The highest BCUT2D eigenvalue weighted by molar-refractivity contribution is 7.92. The maximum absolute atomic E-state index is 13.6. The van der Waals surface area contributed by atoms with E-state index < -0.39 is 27.3 Å². The van der Waals surface area contributed by atoms with E-state index >= 15 is 0 Å². The molecule has 0 bridgehead atoms. The predicted molar refractivity (Wildman–Crippen MR) is 71.2 cm³/mol. The van der Waals surface area contributed by atoms with Gasteiger partial charge in [-0.15, -0.1) is 0 Å². The predicted octanol–water partition coefficient (Wildman–Crippen LogP) is 3.12. The van der Waals surface area contributed by atoms with Crippen LogP contribution in [0.4, 0.5) is 14.5 Å². The molecule has 0 fully saturated rings. The van der Waals surface area contributed by atoms with Crippen LogP contribution in [-0.2, 0) is 10.0 Å². The van der Waals surface area contributed by atoms with Crippen molar-refractivity contribution in [2.75, 3.05) is 4.72 Å². The minimum Gasteiger partial charge on any atom is -0.276 e. The van der Waals surface area contributed by atoms with Crippen molar-refractivity contribution in [3.8, 4) is 0 Å². The van der Waals surface area contributed by atoms with Crippen LogP contribution in [0.5, 0.6) is 0 Å². The first kappa shape index (κ1) is 14.7. The Morgan fingerprint density at radius 3 is 2.60 bits per heavy atom. The second kappa shape index (κ2) is 5.34. The summed E-state index contributed by atoms with van der Waals surface area (Å²) in [6, 6.07) is 4.25. The molecule has 0 aliphatic rings. The van der Waals surface area contributed by atoms with Crippen LogP contribution in [0, 0.1) is 18.6 Å². The highest BCUT2D eigenvalue weighted by Gasteiger charge is 2.20. The first-order valence-electron chi connectivity index (χ1n) is 5.40. The number of aryl methyl sites for hydroxylation is 1. The molecule has 1 aromatic carbocycles. The van der Waals surface area contributed by atoms with Gasteiger partial charge in [0.05, 0.1) is 5.69 Å². The molecule has 0 unspecified atom stereocenters. The van der Waals surface area contributed by atoms with Crippen molar-refractivity contribution in [1.29, 1.82) is 0 Å². The summed E-state index contributed by atoms with van der Waals surface area (Å²) in [5.41, 5.74) is -0.419. The summed E-state index contributed by atoms with van der Waals surface area (Å²) in [6.07, 6.45) is 1.31. The lowest BCUT2D eigenvalue weighted by molar-refractivity contribution is 0.590. The van der Waals surface area contributed by atoms with E-state index in [2.05, 4.69) is 4.98 Å². The van der Waals surface area contributed by atoms with Gasteiger partial charge in [-0.05, 0) is 30.7 Å². The molecule has 0 atom stereocenters. The monoisotopic (exact) mass is 318 g/mol.